The summed E-state index contributed by atoms with van der Waals surface area (Å²) in [5.41, 5.74) is 4.75. The maximum absolute atomic E-state index is 13.7. The summed E-state index contributed by atoms with van der Waals surface area (Å²) in [5.74, 6) is -1.60. The van der Waals surface area contributed by atoms with E-state index >= 15 is 0 Å². The van der Waals surface area contributed by atoms with Crippen LogP contribution in [0, 0.1) is 11.6 Å². The van der Waals surface area contributed by atoms with Gasteiger partial charge in [0.1, 0.15) is 17.2 Å². The van der Waals surface area contributed by atoms with E-state index in [4.69, 9.17) is 26.6 Å². The van der Waals surface area contributed by atoms with Gasteiger partial charge in [-0.25, -0.2) is 8.78 Å². The van der Waals surface area contributed by atoms with Crippen LogP contribution in [0.15, 0.2) is 16.7 Å². The third-order valence-electron chi connectivity index (χ3n) is 2.62. The van der Waals surface area contributed by atoms with Crippen LogP contribution >= 0.6 is 11.6 Å². The van der Waals surface area contributed by atoms with E-state index in [9.17, 15) is 8.78 Å². The summed E-state index contributed by atoms with van der Waals surface area (Å²) in [4.78, 5) is 3.97. The van der Waals surface area contributed by atoms with Gasteiger partial charge in [0.05, 0.1) is 17.2 Å². The molecule has 0 spiro atoms. The van der Waals surface area contributed by atoms with Crippen molar-refractivity contribution < 1.29 is 18.0 Å². The molecule has 108 valence electrons. The molecule has 1 atom stereocenters. The van der Waals surface area contributed by atoms with Crippen molar-refractivity contribution in [3.05, 3.63) is 34.6 Å². The number of nitrogens with zero attached hydrogens (tertiary/aromatic N) is 2. The van der Waals surface area contributed by atoms with Crippen molar-refractivity contribution in [1.29, 1.82) is 0 Å². The highest BCUT2D eigenvalue weighted by Gasteiger charge is 2.28. The monoisotopic (exact) mass is 303 g/mol. The van der Waals surface area contributed by atoms with Gasteiger partial charge < -0.3 is 15.0 Å². The first-order chi connectivity index (χ1) is 9.35. The molecule has 1 aromatic heterocycles. The van der Waals surface area contributed by atoms with Gasteiger partial charge in [0.15, 0.2) is 5.82 Å². The molecule has 1 unspecified atom stereocenters. The Kier molecular flexibility index (Phi) is 4.03. The molecule has 1 aromatic carbocycles. The number of hydrogen-bond acceptors (Lipinski definition) is 5. The van der Waals surface area contributed by atoms with E-state index in [-0.39, 0.29) is 28.9 Å². The first-order valence-corrected chi connectivity index (χ1v) is 6.00. The molecule has 0 aliphatic heterocycles. The van der Waals surface area contributed by atoms with Crippen LogP contribution in [0.4, 0.5) is 8.78 Å². The summed E-state index contributed by atoms with van der Waals surface area (Å²) < 4.78 is 37.0. The lowest BCUT2D eigenvalue weighted by atomic mass is 10.1. The molecule has 1 heterocycles. The minimum absolute atomic E-state index is 0.129. The molecule has 0 saturated carbocycles. The summed E-state index contributed by atoms with van der Waals surface area (Å²) in [7, 11) is 1.47. The minimum Gasteiger partial charge on any atom is -0.382 e. The van der Waals surface area contributed by atoms with E-state index < -0.39 is 17.2 Å². The van der Waals surface area contributed by atoms with Gasteiger partial charge in [-0.2, -0.15) is 4.98 Å². The van der Waals surface area contributed by atoms with Crippen LogP contribution in [0.1, 0.15) is 12.7 Å². The topological polar surface area (TPSA) is 74.2 Å². The predicted molar refractivity (Wildman–Crippen MR) is 68.1 cm³/mol. The molecule has 5 nitrogen and oxygen atoms in total. The van der Waals surface area contributed by atoms with Gasteiger partial charge in [-0.15, -0.1) is 0 Å². The molecule has 0 amide bonds. The third-order valence-corrected chi connectivity index (χ3v) is 2.91. The Balaban J connectivity index is 2.41. The van der Waals surface area contributed by atoms with Gasteiger partial charge >= 0.3 is 0 Å². The highest BCUT2D eigenvalue weighted by molar-refractivity contribution is 6.30. The predicted octanol–water partition coefficient (Wildman–Crippen LogP) is 2.49. The minimum atomic E-state index is -1.00. The molecular formula is C12H12ClF2N3O2. The molecule has 2 N–H and O–H groups in total. The smallest absolute Gasteiger partial charge is 0.261 e. The Hall–Kier alpha value is -1.57. The number of hydrogen-bond donors (Lipinski definition) is 1. The second-order valence-electron chi connectivity index (χ2n) is 4.52. The summed E-state index contributed by atoms with van der Waals surface area (Å²) in [6.07, 6.45) is 0. The molecule has 0 aliphatic rings. The lowest BCUT2D eigenvalue weighted by Crippen LogP contribution is -2.38. The van der Waals surface area contributed by atoms with Gasteiger partial charge in [-0.1, -0.05) is 16.8 Å². The first-order valence-electron chi connectivity index (χ1n) is 5.62. The maximum atomic E-state index is 13.7. The number of methoxy groups -OCH3 is 1. The Morgan fingerprint density at radius 1 is 1.40 bits per heavy atom. The van der Waals surface area contributed by atoms with Crippen molar-refractivity contribution in [2.24, 2.45) is 5.73 Å². The van der Waals surface area contributed by atoms with E-state index in [2.05, 4.69) is 10.1 Å². The Morgan fingerprint density at radius 3 is 2.75 bits per heavy atom. The first kappa shape index (κ1) is 14.8. The van der Waals surface area contributed by atoms with Gasteiger partial charge in [0.2, 0.25) is 0 Å². The summed E-state index contributed by atoms with van der Waals surface area (Å²) in [5, 5.41) is 3.34. The molecule has 20 heavy (non-hydrogen) atoms. The highest BCUT2D eigenvalue weighted by Crippen LogP contribution is 2.27. The lowest BCUT2D eigenvalue weighted by Gasteiger charge is -2.18. The number of nitrogens with two attached hydrogens (primary N) is 1. The Morgan fingerprint density at radius 2 is 2.10 bits per heavy atom. The van der Waals surface area contributed by atoms with Crippen LogP contribution in [0.3, 0.4) is 0 Å². The van der Waals surface area contributed by atoms with Crippen LogP contribution in [0.25, 0.3) is 11.5 Å². The molecule has 0 aliphatic carbocycles. The van der Waals surface area contributed by atoms with Crippen molar-refractivity contribution in [3.8, 4) is 11.5 Å². The Labute approximate surface area is 118 Å². The van der Waals surface area contributed by atoms with E-state index in [0.717, 1.165) is 12.1 Å². The zero-order valence-electron chi connectivity index (χ0n) is 10.8. The van der Waals surface area contributed by atoms with Crippen LogP contribution < -0.4 is 5.73 Å². The van der Waals surface area contributed by atoms with E-state index in [1.165, 1.54) is 7.11 Å². The van der Waals surface area contributed by atoms with E-state index in [1.54, 1.807) is 6.92 Å². The fraction of sp³-hybridized carbons (Fsp3) is 0.333. The number of benzene rings is 1. The zero-order chi connectivity index (χ0) is 14.9. The maximum Gasteiger partial charge on any atom is 0.261 e. The van der Waals surface area contributed by atoms with Gasteiger partial charge in [-0.3, -0.25) is 0 Å². The largest absolute Gasteiger partial charge is 0.382 e. The van der Waals surface area contributed by atoms with Crippen LogP contribution in [-0.2, 0) is 10.3 Å². The molecule has 0 bridgehead atoms. The normalized spacial score (nSPS) is 14.3. The average molecular weight is 304 g/mol. The van der Waals surface area contributed by atoms with Crippen molar-refractivity contribution >= 4 is 11.6 Å². The fourth-order valence-electron chi connectivity index (χ4n) is 1.62. The van der Waals surface area contributed by atoms with Crippen molar-refractivity contribution in [3.63, 3.8) is 0 Å². The zero-order valence-corrected chi connectivity index (χ0v) is 11.5. The van der Waals surface area contributed by atoms with Gasteiger partial charge in [0, 0.05) is 7.11 Å². The summed E-state index contributed by atoms with van der Waals surface area (Å²) in [6, 6.07) is 1.73. The van der Waals surface area contributed by atoms with Crippen LogP contribution in [0.5, 0.6) is 0 Å². The van der Waals surface area contributed by atoms with Crippen LogP contribution in [-0.4, -0.2) is 23.9 Å². The summed E-state index contributed by atoms with van der Waals surface area (Å²) in [6.45, 7) is 1.77. The van der Waals surface area contributed by atoms with Gasteiger partial charge in [-0.05, 0) is 19.1 Å². The van der Waals surface area contributed by atoms with Crippen molar-refractivity contribution in [1.82, 2.24) is 10.1 Å². The second kappa shape index (κ2) is 5.43. The number of rotatable bonds is 4. The van der Waals surface area contributed by atoms with E-state index in [0.29, 0.717) is 0 Å². The third kappa shape index (κ3) is 2.79. The van der Waals surface area contributed by atoms with Gasteiger partial charge in [0.25, 0.3) is 5.89 Å². The molecule has 2 rings (SSSR count). The number of halogens is 3. The molecule has 2 aromatic rings. The average Bonchev–Trinajstić information content (AvgIpc) is 2.84. The molecule has 0 radical (unpaired) electrons. The standard InChI is InChI=1S/C12H12ClF2N3O2/c1-12(16,5-19-2)11-17-10(20-18-11)6-3-9(15)7(13)4-8(6)14/h3-4H,5,16H2,1-2H3. The van der Waals surface area contributed by atoms with Crippen molar-refractivity contribution in [2.45, 2.75) is 12.5 Å². The SMILES string of the molecule is COCC(C)(N)c1noc(-c2cc(F)c(Cl)cc2F)n1. The fourth-order valence-corrected chi connectivity index (χ4v) is 1.77. The van der Waals surface area contributed by atoms with Crippen LogP contribution in [0.2, 0.25) is 5.02 Å². The quantitative estimate of drug-likeness (QED) is 0.878. The number of ether oxygens (including phenoxy) is 1. The second-order valence-corrected chi connectivity index (χ2v) is 4.93. The Bertz CT molecular complexity index is 631. The molecular weight excluding hydrogens is 292 g/mol. The highest BCUT2D eigenvalue weighted by atomic mass is 35.5. The molecule has 0 fully saturated rings. The van der Waals surface area contributed by atoms with Crippen molar-refractivity contribution in [2.75, 3.05) is 13.7 Å². The van der Waals surface area contributed by atoms with E-state index in [1.807, 2.05) is 0 Å². The summed E-state index contributed by atoms with van der Waals surface area (Å²) >= 11 is 5.47. The molecule has 8 heteroatoms. The number of aromatic nitrogens is 2. The molecule has 0 saturated heterocycles. The lowest BCUT2D eigenvalue weighted by molar-refractivity contribution is 0.135.